The lowest BCUT2D eigenvalue weighted by Crippen LogP contribution is -2.39. The van der Waals surface area contributed by atoms with Crippen LogP contribution in [0.4, 0.5) is 11.4 Å². The van der Waals surface area contributed by atoms with Crippen molar-refractivity contribution in [3.05, 3.63) is 197 Å². The minimum absolute atomic E-state index is 0.157. The predicted molar refractivity (Wildman–Crippen MR) is 260 cm³/mol. The van der Waals surface area contributed by atoms with E-state index in [1.54, 1.807) is 0 Å². The highest BCUT2D eigenvalue weighted by molar-refractivity contribution is 7.99. The first-order valence-electron chi connectivity index (χ1n) is 21.9. The van der Waals surface area contributed by atoms with Crippen LogP contribution in [0.15, 0.2) is 161 Å². The maximum atomic E-state index is 2.59. The van der Waals surface area contributed by atoms with Gasteiger partial charge in [-0.2, -0.15) is 0 Å². The van der Waals surface area contributed by atoms with E-state index in [9.17, 15) is 0 Å². The Morgan fingerprint density at radius 3 is 2.10 bits per heavy atom. The molecule has 14 rings (SSSR count). The molecule has 0 fully saturated rings. The Morgan fingerprint density at radius 1 is 0.590 bits per heavy atom. The van der Waals surface area contributed by atoms with Gasteiger partial charge in [-0.25, -0.2) is 0 Å². The van der Waals surface area contributed by atoms with E-state index in [0.717, 1.165) is 19.3 Å². The SMILES string of the molecule is CC12C=CC=CC1N(c1ccc3c4c(c5ccccc5c3c1)C=C4)c1ccc(Sc3ccc4c(c3)c3c(n4-c4ccc5c6c(c7ccccc7c5c4)C[CH]6)C=CCCC3)cc12. The average Bonchev–Trinajstić information content (AvgIpc) is 3.56. The number of hydrogen-bond acceptors (Lipinski definition) is 2. The molecule has 2 heterocycles. The van der Waals surface area contributed by atoms with Crippen LogP contribution in [-0.2, 0) is 18.3 Å². The molecule has 2 unspecified atom stereocenters. The van der Waals surface area contributed by atoms with E-state index in [2.05, 4.69) is 193 Å². The van der Waals surface area contributed by atoms with Crippen LogP contribution in [0.5, 0.6) is 0 Å². The zero-order valence-electron chi connectivity index (χ0n) is 34.0. The molecule has 4 aliphatic carbocycles. The molecule has 1 aliphatic heterocycles. The Kier molecular flexibility index (Phi) is 7.01. The van der Waals surface area contributed by atoms with Crippen LogP contribution < -0.4 is 4.90 Å². The molecule has 2 atom stereocenters. The summed E-state index contributed by atoms with van der Waals surface area (Å²) in [4.78, 5) is 5.14. The van der Waals surface area contributed by atoms with Crippen LogP contribution in [0.25, 0.3) is 77.9 Å². The highest BCUT2D eigenvalue weighted by atomic mass is 32.2. The minimum atomic E-state index is -0.157. The second-order valence-corrected chi connectivity index (χ2v) is 19.0. The van der Waals surface area contributed by atoms with Gasteiger partial charge in [-0.1, -0.05) is 115 Å². The molecule has 9 aromatic rings. The second-order valence-electron chi connectivity index (χ2n) is 17.8. The standard InChI is InChI=1S/C58H41N2S/c1-58-30-10-9-17-57(58)60(36-19-23-48-46-27-25-44(46)40-12-6-8-14-42(40)51(48)32-36)56-29-21-38(34-53(56)58)61-37-20-28-55-52(33-37)49-15-3-2-4-16-54(49)59(55)35-18-22-47-45-26-24-43(45)39-11-5-7-13-41(39)50(47)31-35/h4-14,16-23,25-34,57H,2-3,15,24H2,1H3. The Labute approximate surface area is 359 Å². The largest absolute Gasteiger partial charge is 0.333 e. The van der Waals surface area contributed by atoms with Gasteiger partial charge >= 0.3 is 0 Å². The summed E-state index contributed by atoms with van der Waals surface area (Å²) in [6.45, 7) is 2.42. The van der Waals surface area contributed by atoms with Gasteiger partial charge in [0, 0.05) is 43.3 Å². The van der Waals surface area contributed by atoms with Gasteiger partial charge in [0.1, 0.15) is 0 Å². The quantitative estimate of drug-likeness (QED) is 0.164. The Hall–Kier alpha value is -6.55. The summed E-state index contributed by atoms with van der Waals surface area (Å²) < 4.78 is 2.53. The van der Waals surface area contributed by atoms with E-state index in [4.69, 9.17) is 0 Å². The molecule has 0 spiro atoms. The van der Waals surface area contributed by atoms with Crippen LogP contribution in [0.3, 0.4) is 0 Å². The first kappa shape index (κ1) is 34.2. The number of hydrogen-bond donors (Lipinski definition) is 0. The number of aryl methyl sites for hydroxylation is 1. The predicted octanol–water partition coefficient (Wildman–Crippen LogP) is 15.2. The van der Waals surface area contributed by atoms with Gasteiger partial charge in [-0.3, -0.25) is 0 Å². The van der Waals surface area contributed by atoms with Crippen molar-refractivity contribution >= 4 is 95.4 Å². The van der Waals surface area contributed by atoms with Crippen molar-refractivity contribution in [3.8, 4) is 5.69 Å². The molecule has 1 radical (unpaired) electrons. The number of fused-ring (bicyclic) bond motifs is 18. The van der Waals surface area contributed by atoms with Crippen LogP contribution >= 0.6 is 11.8 Å². The molecular weight excluding hydrogens is 757 g/mol. The number of allylic oxidation sites excluding steroid dienone is 3. The van der Waals surface area contributed by atoms with Crippen molar-refractivity contribution in [3.63, 3.8) is 0 Å². The van der Waals surface area contributed by atoms with Crippen LogP contribution in [0.1, 0.15) is 58.8 Å². The lowest BCUT2D eigenvalue weighted by molar-refractivity contribution is 0.550. The molecule has 0 N–H and O–H groups in total. The third-order valence-electron chi connectivity index (χ3n) is 14.7. The lowest BCUT2D eigenvalue weighted by atomic mass is 9.76. The van der Waals surface area contributed by atoms with Crippen LogP contribution in [0.2, 0.25) is 0 Å². The van der Waals surface area contributed by atoms with Crippen molar-refractivity contribution in [1.82, 2.24) is 4.57 Å². The maximum absolute atomic E-state index is 2.59. The third-order valence-corrected chi connectivity index (χ3v) is 15.6. The summed E-state index contributed by atoms with van der Waals surface area (Å²) in [6, 6.07) is 46.8. The third kappa shape index (κ3) is 4.70. The van der Waals surface area contributed by atoms with Gasteiger partial charge in [0.25, 0.3) is 0 Å². The number of aromatic nitrogens is 1. The van der Waals surface area contributed by atoms with E-state index in [-0.39, 0.29) is 11.5 Å². The molecule has 0 amide bonds. The van der Waals surface area contributed by atoms with E-state index in [1.165, 1.54) is 126 Å². The Morgan fingerprint density at radius 2 is 1.30 bits per heavy atom. The summed E-state index contributed by atoms with van der Waals surface area (Å²) in [7, 11) is 0. The number of anilines is 2. The van der Waals surface area contributed by atoms with Crippen LogP contribution in [-0.4, -0.2) is 10.6 Å². The van der Waals surface area contributed by atoms with Gasteiger partial charge in [-0.05, 0) is 182 Å². The molecule has 0 saturated heterocycles. The van der Waals surface area contributed by atoms with Crippen molar-refractivity contribution in [2.24, 2.45) is 0 Å². The zero-order valence-corrected chi connectivity index (χ0v) is 34.8. The van der Waals surface area contributed by atoms with E-state index < -0.39 is 0 Å². The van der Waals surface area contributed by atoms with Crippen molar-refractivity contribution in [1.29, 1.82) is 0 Å². The summed E-state index contributed by atoms with van der Waals surface area (Å²) >= 11 is 1.89. The van der Waals surface area contributed by atoms with Crippen molar-refractivity contribution in [2.75, 3.05) is 4.90 Å². The van der Waals surface area contributed by atoms with Gasteiger partial charge in [-0.15, -0.1) is 0 Å². The number of rotatable bonds is 4. The fourth-order valence-corrected chi connectivity index (χ4v) is 12.5. The lowest BCUT2D eigenvalue weighted by Gasteiger charge is -2.35. The number of nitrogens with zero attached hydrogens (tertiary/aromatic N) is 2. The highest BCUT2D eigenvalue weighted by Crippen LogP contribution is 2.54. The Bertz CT molecular complexity index is 3580. The first-order valence-corrected chi connectivity index (χ1v) is 22.7. The maximum Gasteiger partial charge on any atom is 0.0655 e. The smallest absolute Gasteiger partial charge is 0.0655 e. The Balaban J connectivity index is 0.865. The van der Waals surface area contributed by atoms with Gasteiger partial charge in [0.2, 0.25) is 0 Å². The van der Waals surface area contributed by atoms with Crippen molar-refractivity contribution in [2.45, 2.75) is 53.9 Å². The highest BCUT2D eigenvalue weighted by Gasteiger charge is 2.46. The molecule has 2 nitrogen and oxygen atoms in total. The fraction of sp³-hybridized carbons (Fsp3) is 0.121. The monoisotopic (exact) mass is 797 g/mol. The molecule has 61 heavy (non-hydrogen) atoms. The summed E-state index contributed by atoms with van der Waals surface area (Å²) in [5.41, 5.74) is 14.7. The summed E-state index contributed by atoms with van der Waals surface area (Å²) in [6.07, 6.45) is 25.4. The fourth-order valence-electron chi connectivity index (χ4n) is 11.6. The molecule has 0 bridgehead atoms. The second kappa shape index (κ2) is 12.5. The summed E-state index contributed by atoms with van der Waals surface area (Å²) in [5, 5.41) is 12.2. The molecule has 0 saturated carbocycles. The molecule has 8 aromatic carbocycles. The summed E-state index contributed by atoms with van der Waals surface area (Å²) in [5.74, 6) is 0. The normalized spacial score (nSPS) is 19.2. The van der Waals surface area contributed by atoms with E-state index in [0.29, 0.717) is 0 Å². The molecule has 289 valence electrons. The molecule has 5 aliphatic rings. The van der Waals surface area contributed by atoms with Gasteiger partial charge in [0.15, 0.2) is 0 Å². The number of benzene rings is 8. The van der Waals surface area contributed by atoms with Gasteiger partial charge < -0.3 is 9.47 Å². The van der Waals surface area contributed by atoms with Crippen molar-refractivity contribution < 1.29 is 0 Å². The minimum Gasteiger partial charge on any atom is -0.333 e. The van der Waals surface area contributed by atoms with E-state index >= 15 is 0 Å². The first-order chi connectivity index (χ1) is 30.1. The topological polar surface area (TPSA) is 8.17 Å². The molecule has 3 heteroatoms. The molecular formula is C58H41N2S. The molecule has 1 aromatic heterocycles. The van der Waals surface area contributed by atoms with Gasteiger partial charge in [0.05, 0.1) is 11.6 Å². The van der Waals surface area contributed by atoms with E-state index in [1.807, 2.05) is 11.8 Å². The van der Waals surface area contributed by atoms with Crippen LogP contribution in [0, 0.1) is 6.42 Å². The average molecular weight is 798 g/mol. The zero-order chi connectivity index (χ0) is 40.0.